The van der Waals surface area contributed by atoms with Gasteiger partial charge >= 0.3 is 0 Å². The highest BCUT2D eigenvalue weighted by molar-refractivity contribution is 5.12. The maximum Gasteiger partial charge on any atom is -0.0266 e. The summed E-state index contributed by atoms with van der Waals surface area (Å²) in [4.78, 5) is 0. The molecular formula is C18H36. The van der Waals surface area contributed by atoms with Gasteiger partial charge in [-0.1, -0.05) is 69.2 Å². The Bertz CT molecular complexity index is 286. The van der Waals surface area contributed by atoms with Gasteiger partial charge in [-0.25, -0.2) is 0 Å². The van der Waals surface area contributed by atoms with Crippen LogP contribution in [0.3, 0.4) is 0 Å². The van der Waals surface area contributed by atoms with Crippen LogP contribution in [0, 0.1) is 46.3 Å². The average Bonchev–Trinajstić information content (AvgIpc) is 2.61. The van der Waals surface area contributed by atoms with E-state index in [2.05, 4.69) is 55.4 Å². The minimum absolute atomic E-state index is 0.491. The summed E-state index contributed by atoms with van der Waals surface area (Å²) in [6.07, 6.45) is 0. The van der Waals surface area contributed by atoms with Crippen LogP contribution in [0.1, 0.15) is 69.2 Å². The zero-order valence-corrected chi connectivity index (χ0v) is 14.5. The molecule has 0 aliphatic heterocycles. The molecule has 0 nitrogen and oxygen atoms in total. The van der Waals surface area contributed by atoms with Gasteiger partial charge in [-0.15, -0.1) is 0 Å². The second-order valence-electron chi connectivity index (χ2n) is 7.91. The standard InChI is InChI=1S/C16H30.C2H6/c1-9-10(2)13-12(4)15(5,6)16(7,8)14(13)11(9)3;1-2/h9-14H,1-8H3;1-2H3. The number of rotatable bonds is 0. The molecule has 0 N–H and O–H groups in total. The maximum atomic E-state index is 2.52. The first-order valence-corrected chi connectivity index (χ1v) is 8.14. The van der Waals surface area contributed by atoms with Gasteiger partial charge in [0.2, 0.25) is 0 Å². The molecule has 0 heterocycles. The molecule has 0 radical (unpaired) electrons. The molecular weight excluding hydrogens is 216 g/mol. The third-order valence-electron chi connectivity index (χ3n) is 7.46. The van der Waals surface area contributed by atoms with E-state index in [0.29, 0.717) is 10.8 Å². The molecule has 0 heteroatoms. The van der Waals surface area contributed by atoms with Crippen molar-refractivity contribution in [2.24, 2.45) is 46.3 Å². The molecule has 2 saturated carbocycles. The zero-order valence-electron chi connectivity index (χ0n) is 14.5. The van der Waals surface area contributed by atoms with Crippen molar-refractivity contribution in [1.29, 1.82) is 0 Å². The van der Waals surface area contributed by atoms with Gasteiger partial charge in [0.05, 0.1) is 0 Å². The Labute approximate surface area is 116 Å². The lowest BCUT2D eigenvalue weighted by atomic mass is 9.62. The molecule has 2 rings (SSSR count). The van der Waals surface area contributed by atoms with Crippen LogP contribution in [-0.4, -0.2) is 0 Å². The van der Waals surface area contributed by atoms with E-state index >= 15 is 0 Å². The van der Waals surface area contributed by atoms with Crippen molar-refractivity contribution in [1.82, 2.24) is 0 Å². The first-order valence-electron chi connectivity index (χ1n) is 8.14. The van der Waals surface area contributed by atoms with E-state index in [4.69, 9.17) is 0 Å². The quantitative estimate of drug-likeness (QED) is 0.506. The second-order valence-corrected chi connectivity index (χ2v) is 7.91. The Balaban J connectivity index is 0.000000771. The van der Waals surface area contributed by atoms with Crippen LogP contribution in [0.5, 0.6) is 0 Å². The van der Waals surface area contributed by atoms with Gasteiger partial charge in [0, 0.05) is 0 Å². The lowest BCUT2D eigenvalue weighted by molar-refractivity contribution is 0.0524. The van der Waals surface area contributed by atoms with Crippen LogP contribution in [-0.2, 0) is 0 Å². The first kappa shape index (κ1) is 16.1. The van der Waals surface area contributed by atoms with Gasteiger partial charge < -0.3 is 0 Å². The Morgan fingerprint density at radius 3 is 1.44 bits per heavy atom. The summed E-state index contributed by atoms with van der Waals surface area (Å²) in [5.41, 5.74) is 0.987. The van der Waals surface area contributed by atoms with Crippen LogP contribution in [0.4, 0.5) is 0 Å². The third kappa shape index (κ3) is 1.78. The fourth-order valence-electron chi connectivity index (χ4n) is 5.24. The Hall–Kier alpha value is 0. The Morgan fingerprint density at radius 1 is 0.611 bits per heavy atom. The van der Waals surface area contributed by atoms with Gasteiger partial charge in [-0.2, -0.15) is 0 Å². The highest BCUT2D eigenvalue weighted by Crippen LogP contribution is 2.69. The molecule has 0 spiro atoms. The monoisotopic (exact) mass is 252 g/mol. The van der Waals surface area contributed by atoms with Crippen molar-refractivity contribution in [3.8, 4) is 0 Å². The van der Waals surface area contributed by atoms with E-state index in [9.17, 15) is 0 Å². The van der Waals surface area contributed by atoms with Gasteiger partial charge in [-0.3, -0.25) is 0 Å². The minimum atomic E-state index is 0.491. The summed E-state index contributed by atoms with van der Waals surface area (Å²) in [6, 6.07) is 0. The predicted molar refractivity (Wildman–Crippen MR) is 82.5 cm³/mol. The molecule has 2 aliphatic carbocycles. The molecule has 6 atom stereocenters. The summed E-state index contributed by atoms with van der Waals surface area (Å²) < 4.78 is 0. The molecule has 0 amide bonds. The average molecular weight is 252 g/mol. The molecule has 2 fully saturated rings. The molecule has 0 aromatic carbocycles. The van der Waals surface area contributed by atoms with E-state index in [1.807, 2.05) is 13.8 Å². The van der Waals surface area contributed by atoms with Crippen molar-refractivity contribution in [2.45, 2.75) is 69.2 Å². The van der Waals surface area contributed by atoms with Crippen molar-refractivity contribution in [3.05, 3.63) is 0 Å². The smallest absolute Gasteiger partial charge is 0.0266 e. The fraction of sp³-hybridized carbons (Fsp3) is 1.00. The van der Waals surface area contributed by atoms with E-state index in [1.54, 1.807) is 0 Å². The topological polar surface area (TPSA) is 0 Å². The molecule has 0 aromatic rings. The van der Waals surface area contributed by atoms with Crippen LogP contribution in [0.15, 0.2) is 0 Å². The third-order valence-corrected chi connectivity index (χ3v) is 7.46. The lowest BCUT2D eigenvalue weighted by Gasteiger charge is -2.43. The molecule has 0 saturated heterocycles. The Kier molecular flexibility index (Phi) is 4.31. The normalized spacial score (nSPS) is 48.3. The summed E-state index contributed by atoms with van der Waals surface area (Å²) in [7, 11) is 0. The van der Waals surface area contributed by atoms with Crippen LogP contribution >= 0.6 is 0 Å². The van der Waals surface area contributed by atoms with E-state index in [0.717, 1.165) is 35.5 Å². The van der Waals surface area contributed by atoms with E-state index in [1.165, 1.54) is 0 Å². The predicted octanol–water partition coefficient (Wildman–Crippen LogP) is 5.87. The van der Waals surface area contributed by atoms with Crippen molar-refractivity contribution < 1.29 is 0 Å². The highest BCUT2D eigenvalue weighted by atomic mass is 14.7. The highest BCUT2D eigenvalue weighted by Gasteiger charge is 2.64. The molecule has 2 aliphatic rings. The number of hydrogen-bond acceptors (Lipinski definition) is 0. The summed E-state index contributed by atoms with van der Waals surface area (Å²) in [5.74, 6) is 5.48. The summed E-state index contributed by atoms with van der Waals surface area (Å²) in [5, 5.41) is 0. The van der Waals surface area contributed by atoms with E-state index < -0.39 is 0 Å². The second kappa shape index (κ2) is 4.84. The van der Waals surface area contributed by atoms with Gasteiger partial charge in [-0.05, 0) is 46.3 Å². The largest absolute Gasteiger partial charge is 0.0683 e. The summed E-state index contributed by atoms with van der Waals surface area (Å²) >= 11 is 0. The van der Waals surface area contributed by atoms with Gasteiger partial charge in [0.1, 0.15) is 0 Å². The number of fused-ring (bicyclic) bond motifs is 1. The van der Waals surface area contributed by atoms with Crippen LogP contribution in [0.2, 0.25) is 0 Å². The van der Waals surface area contributed by atoms with Gasteiger partial charge in [0.15, 0.2) is 0 Å². The molecule has 108 valence electrons. The molecule has 18 heavy (non-hydrogen) atoms. The molecule has 0 bridgehead atoms. The minimum Gasteiger partial charge on any atom is -0.0683 e. The van der Waals surface area contributed by atoms with Crippen molar-refractivity contribution in [2.75, 3.05) is 0 Å². The Morgan fingerprint density at radius 2 is 1.06 bits per heavy atom. The van der Waals surface area contributed by atoms with E-state index in [-0.39, 0.29) is 0 Å². The maximum absolute atomic E-state index is 2.52. The SMILES string of the molecule is CC.CC1C(C)C2C(C)C(C)(C)C(C)(C)C2C1C. The van der Waals surface area contributed by atoms with Crippen molar-refractivity contribution >= 4 is 0 Å². The van der Waals surface area contributed by atoms with Crippen LogP contribution < -0.4 is 0 Å². The summed E-state index contributed by atoms with van der Waals surface area (Å²) in [6.45, 7) is 24.0. The van der Waals surface area contributed by atoms with Gasteiger partial charge in [0.25, 0.3) is 0 Å². The number of hydrogen-bond donors (Lipinski definition) is 0. The fourth-order valence-corrected chi connectivity index (χ4v) is 5.24. The lowest BCUT2D eigenvalue weighted by Crippen LogP contribution is -2.37. The van der Waals surface area contributed by atoms with Crippen LogP contribution in [0.25, 0.3) is 0 Å². The zero-order chi connectivity index (χ0) is 14.5. The van der Waals surface area contributed by atoms with Crippen molar-refractivity contribution in [3.63, 3.8) is 0 Å². The first-order chi connectivity index (χ1) is 8.14. The molecule has 0 aromatic heterocycles. The molecule has 6 unspecified atom stereocenters.